The van der Waals surface area contributed by atoms with Crippen LogP contribution in [0.3, 0.4) is 0 Å². The van der Waals surface area contributed by atoms with Crippen LogP contribution in [-0.4, -0.2) is 23.3 Å². The number of ketones is 1. The average Bonchev–Trinajstić information content (AvgIpc) is 2.98. The molecule has 4 nitrogen and oxygen atoms in total. The first-order valence-corrected chi connectivity index (χ1v) is 11.5. The Balaban J connectivity index is 1.70. The largest absolute Gasteiger partial charge is 0.375 e. The lowest BCUT2D eigenvalue weighted by molar-refractivity contribution is -0.135. The molecule has 0 aliphatic carbocycles. The van der Waals surface area contributed by atoms with Gasteiger partial charge >= 0.3 is 0 Å². The number of benzene rings is 3. The lowest BCUT2D eigenvalue weighted by atomic mass is 9.84. The first-order valence-electron chi connectivity index (χ1n) is 11.1. The summed E-state index contributed by atoms with van der Waals surface area (Å²) in [5.74, 6) is -0.729. The van der Waals surface area contributed by atoms with Crippen molar-refractivity contribution in [3.05, 3.63) is 98.6 Å². The van der Waals surface area contributed by atoms with Gasteiger partial charge < -0.3 is 10.0 Å². The quantitative estimate of drug-likeness (QED) is 0.484. The number of rotatable bonds is 6. The standard InChI is InChI=1S/C28H28ClNO3/c1-17-14-18(2)20(4)26(19(17)3)25(31)16-28(33)23-15-22(29)10-11-24(23)30(27(28)32)13-12-21-8-6-5-7-9-21/h5-11,14-15,33H,12-13,16H2,1-4H3. The molecule has 170 valence electrons. The van der Waals surface area contributed by atoms with Crippen molar-refractivity contribution >= 4 is 29.0 Å². The number of Topliss-reactive ketones (excluding diaryl/α,β-unsaturated/α-hetero) is 1. The summed E-state index contributed by atoms with van der Waals surface area (Å²) in [6.45, 7) is 8.15. The third-order valence-corrected chi connectivity index (χ3v) is 7.06. The van der Waals surface area contributed by atoms with E-state index in [9.17, 15) is 14.7 Å². The summed E-state index contributed by atoms with van der Waals surface area (Å²) in [4.78, 5) is 28.7. The van der Waals surface area contributed by atoms with Crippen molar-refractivity contribution < 1.29 is 14.7 Å². The van der Waals surface area contributed by atoms with Gasteiger partial charge in [0.1, 0.15) is 0 Å². The summed E-state index contributed by atoms with van der Waals surface area (Å²) < 4.78 is 0. The van der Waals surface area contributed by atoms with E-state index >= 15 is 0 Å². The number of aryl methyl sites for hydroxylation is 2. The third kappa shape index (κ3) is 4.09. The maximum atomic E-state index is 13.6. The van der Waals surface area contributed by atoms with Gasteiger partial charge in [0.25, 0.3) is 5.91 Å². The van der Waals surface area contributed by atoms with Gasteiger partial charge in [-0.25, -0.2) is 0 Å². The van der Waals surface area contributed by atoms with Crippen LogP contribution in [0.25, 0.3) is 0 Å². The molecule has 0 saturated heterocycles. The monoisotopic (exact) mass is 461 g/mol. The van der Waals surface area contributed by atoms with E-state index in [4.69, 9.17) is 11.6 Å². The topological polar surface area (TPSA) is 57.6 Å². The molecule has 33 heavy (non-hydrogen) atoms. The second-order valence-corrected chi connectivity index (χ2v) is 9.39. The number of fused-ring (bicyclic) bond motifs is 1. The first kappa shape index (κ1) is 23.2. The molecule has 1 aliphatic heterocycles. The molecule has 0 saturated carbocycles. The van der Waals surface area contributed by atoms with Gasteiger partial charge in [0.15, 0.2) is 11.4 Å². The zero-order valence-corrected chi connectivity index (χ0v) is 20.2. The summed E-state index contributed by atoms with van der Waals surface area (Å²) in [6, 6.07) is 17.0. The lowest BCUT2D eigenvalue weighted by Gasteiger charge is -2.24. The zero-order valence-electron chi connectivity index (χ0n) is 19.4. The van der Waals surface area contributed by atoms with Gasteiger partial charge in [-0.2, -0.15) is 0 Å². The van der Waals surface area contributed by atoms with Gasteiger partial charge in [-0.05, 0) is 80.1 Å². The summed E-state index contributed by atoms with van der Waals surface area (Å²) in [7, 11) is 0. The number of halogens is 1. The number of aliphatic hydroxyl groups is 1. The van der Waals surface area contributed by atoms with Gasteiger partial charge in [-0.1, -0.05) is 48.0 Å². The van der Waals surface area contributed by atoms with Gasteiger partial charge in [0.2, 0.25) is 0 Å². The van der Waals surface area contributed by atoms with Crippen LogP contribution in [0.4, 0.5) is 5.69 Å². The minimum atomic E-state index is -1.95. The first-order chi connectivity index (χ1) is 15.6. The van der Waals surface area contributed by atoms with Gasteiger partial charge in [0.05, 0.1) is 12.1 Å². The summed E-state index contributed by atoms with van der Waals surface area (Å²) in [5, 5.41) is 12.1. The van der Waals surface area contributed by atoms with Crippen molar-refractivity contribution in [3.8, 4) is 0 Å². The molecule has 0 aromatic heterocycles. The molecule has 3 aromatic rings. The predicted octanol–water partition coefficient (Wildman–Crippen LogP) is 5.62. The molecule has 0 spiro atoms. The molecular weight excluding hydrogens is 434 g/mol. The molecule has 1 N–H and O–H groups in total. The van der Waals surface area contributed by atoms with Crippen LogP contribution in [-0.2, 0) is 16.8 Å². The van der Waals surface area contributed by atoms with Crippen molar-refractivity contribution in [1.29, 1.82) is 0 Å². The van der Waals surface area contributed by atoms with Crippen LogP contribution in [0.2, 0.25) is 5.02 Å². The van der Waals surface area contributed by atoms with Crippen molar-refractivity contribution in [2.45, 2.75) is 46.1 Å². The van der Waals surface area contributed by atoms with E-state index in [1.807, 2.05) is 58.0 Å². The molecular formula is C28H28ClNO3. The van der Waals surface area contributed by atoms with Gasteiger partial charge in [0, 0.05) is 22.7 Å². The molecule has 0 radical (unpaired) electrons. The smallest absolute Gasteiger partial charge is 0.264 e. The van der Waals surface area contributed by atoms with Gasteiger partial charge in [-0.15, -0.1) is 0 Å². The van der Waals surface area contributed by atoms with E-state index in [-0.39, 0.29) is 12.2 Å². The maximum absolute atomic E-state index is 13.6. The van der Waals surface area contributed by atoms with E-state index in [0.717, 1.165) is 27.8 Å². The summed E-state index contributed by atoms with van der Waals surface area (Å²) >= 11 is 6.24. The number of carbonyl (C=O) groups is 2. The van der Waals surface area contributed by atoms with Crippen LogP contribution in [0, 0.1) is 27.7 Å². The van der Waals surface area contributed by atoms with Gasteiger partial charge in [-0.3, -0.25) is 9.59 Å². The lowest BCUT2D eigenvalue weighted by Crippen LogP contribution is -2.42. The fraction of sp³-hybridized carbons (Fsp3) is 0.286. The third-order valence-electron chi connectivity index (χ3n) is 6.82. The minimum Gasteiger partial charge on any atom is -0.375 e. The van der Waals surface area contributed by atoms with Crippen LogP contribution in [0.5, 0.6) is 0 Å². The highest BCUT2D eigenvalue weighted by Crippen LogP contribution is 2.44. The van der Waals surface area contributed by atoms with Crippen molar-refractivity contribution in [1.82, 2.24) is 0 Å². The summed E-state index contributed by atoms with van der Waals surface area (Å²) in [5.41, 5.74) is 4.50. The van der Waals surface area contributed by atoms with E-state index < -0.39 is 11.5 Å². The van der Waals surface area contributed by atoms with Crippen LogP contribution in [0.15, 0.2) is 54.6 Å². The maximum Gasteiger partial charge on any atom is 0.264 e. The Kier molecular flexibility index (Phi) is 6.17. The highest BCUT2D eigenvalue weighted by molar-refractivity contribution is 6.31. The molecule has 1 aliphatic rings. The number of nitrogens with zero attached hydrogens (tertiary/aromatic N) is 1. The highest BCUT2D eigenvalue weighted by Gasteiger charge is 2.51. The van der Waals surface area contributed by atoms with Crippen molar-refractivity contribution in [2.75, 3.05) is 11.4 Å². The van der Waals surface area contributed by atoms with E-state index in [2.05, 4.69) is 6.07 Å². The molecule has 1 unspecified atom stereocenters. The molecule has 3 aromatic carbocycles. The Morgan fingerprint density at radius 2 is 1.61 bits per heavy atom. The average molecular weight is 462 g/mol. The zero-order chi connectivity index (χ0) is 23.9. The van der Waals surface area contributed by atoms with Crippen LogP contribution >= 0.6 is 11.6 Å². The predicted molar refractivity (Wildman–Crippen MR) is 132 cm³/mol. The second kappa shape index (κ2) is 8.77. The molecule has 0 fully saturated rings. The fourth-order valence-electron chi connectivity index (χ4n) is 4.76. The van der Waals surface area contributed by atoms with Crippen LogP contribution in [0.1, 0.15) is 50.2 Å². The molecule has 1 heterocycles. The molecule has 1 atom stereocenters. The molecule has 5 heteroatoms. The number of anilines is 1. The Bertz CT molecular complexity index is 1230. The summed E-state index contributed by atoms with van der Waals surface area (Å²) in [6.07, 6.45) is 0.305. The van der Waals surface area contributed by atoms with E-state index in [0.29, 0.717) is 34.8 Å². The second-order valence-electron chi connectivity index (χ2n) is 8.95. The van der Waals surface area contributed by atoms with E-state index in [1.165, 1.54) is 0 Å². The van der Waals surface area contributed by atoms with Crippen molar-refractivity contribution in [3.63, 3.8) is 0 Å². The molecule has 0 bridgehead atoms. The Morgan fingerprint density at radius 1 is 0.970 bits per heavy atom. The fourth-order valence-corrected chi connectivity index (χ4v) is 4.93. The van der Waals surface area contributed by atoms with E-state index in [1.54, 1.807) is 23.1 Å². The number of amides is 1. The molecule has 4 rings (SSSR count). The number of hydrogen-bond acceptors (Lipinski definition) is 3. The number of carbonyl (C=O) groups excluding carboxylic acids is 2. The highest BCUT2D eigenvalue weighted by atomic mass is 35.5. The Morgan fingerprint density at radius 3 is 2.24 bits per heavy atom. The Hall–Kier alpha value is -2.95. The molecule has 1 amide bonds. The Labute approximate surface area is 199 Å². The van der Waals surface area contributed by atoms with Crippen molar-refractivity contribution in [2.24, 2.45) is 0 Å². The minimum absolute atomic E-state index is 0.247. The van der Waals surface area contributed by atoms with Crippen LogP contribution < -0.4 is 4.90 Å². The number of hydrogen-bond donors (Lipinski definition) is 1. The SMILES string of the molecule is Cc1cc(C)c(C)c(C(=O)CC2(O)C(=O)N(CCc3ccccc3)c3ccc(Cl)cc32)c1C. The normalized spacial score (nSPS) is 17.4.